The quantitative estimate of drug-likeness (QED) is 0.922. The van der Waals surface area contributed by atoms with Crippen molar-refractivity contribution in [1.82, 2.24) is 10.3 Å². The van der Waals surface area contributed by atoms with Crippen molar-refractivity contribution >= 4 is 11.7 Å². The summed E-state index contributed by atoms with van der Waals surface area (Å²) in [6.07, 6.45) is 12.9. The van der Waals surface area contributed by atoms with Gasteiger partial charge >= 0.3 is 0 Å². The average Bonchev–Trinajstić information content (AvgIpc) is 2.90. The summed E-state index contributed by atoms with van der Waals surface area (Å²) in [5, 5.41) is 3.09. The number of anilines is 1. The van der Waals surface area contributed by atoms with Crippen molar-refractivity contribution in [2.45, 2.75) is 64.3 Å². The molecule has 1 saturated heterocycles. The molecule has 1 amide bonds. The molecular formula is C19H29N3O. The van der Waals surface area contributed by atoms with Crippen LogP contribution in [0.2, 0.25) is 0 Å². The maximum atomic E-state index is 12.2. The highest BCUT2D eigenvalue weighted by Gasteiger charge is 2.20. The summed E-state index contributed by atoms with van der Waals surface area (Å²) in [4.78, 5) is 19.2. The largest absolute Gasteiger partial charge is 0.357 e. The first-order valence-electron chi connectivity index (χ1n) is 9.30. The van der Waals surface area contributed by atoms with Gasteiger partial charge in [-0.3, -0.25) is 4.79 Å². The molecule has 23 heavy (non-hydrogen) atoms. The van der Waals surface area contributed by atoms with Gasteiger partial charge < -0.3 is 10.2 Å². The van der Waals surface area contributed by atoms with E-state index < -0.39 is 0 Å². The lowest BCUT2D eigenvalue weighted by Crippen LogP contribution is -2.31. The Balaban J connectivity index is 1.49. The number of hydrogen-bond donors (Lipinski definition) is 1. The Kier molecular flexibility index (Phi) is 5.89. The minimum absolute atomic E-state index is 0.223. The maximum absolute atomic E-state index is 12.2. The zero-order valence-corrected chi connectivity index (χ0v) is 14.1. The fraction of sp³-hybridized carbons (Fsp3) is 0.684. The first-order chi connectivity index (χ1) is 11.3. The van der Waals surface area contributed by atoms with Gasteiger partial charge in [-0.25, -0.2) is 4.98 Å². The predicted octanol–water partition coefficient (Wildman–Crippen LogP) is 3.66. The molecule has 1 aromatic rings. The van der Waals surface area contributed by atoms with Crippen molar-refractivity contribution in [3.63, 3.8) is 0 Å². The summed E-state index contributed by atoms with van der Waals surface area (Å²) >= 11 is 0. The topological polar surface area (TPSA) is 45.2 Å². The molecule has 1 aliphatic heterocycles. The lowest BCUT2D eigenvalue weighted by atomic mass is 9.88. The Morgan fingerprint density at radius 2 is 1.74 bits per heavy atom. The molecule has 2 fully saturated rings. The molecule has 0 bridgehead atoms. The molecular weight excluding hydrogens is 286 g/mol. The number of nitrogens with zero attached hydrogens (tertiary/aromatic N) is 2. The zero-order chi connectivity index (χ0) is 15.9. The van der Waals surface area contributed by atoms with Gasteiger partial charge in [-0.05, 0) is 37.3 Å². The van der Waals surface area contributed by atoms with Crippen LogP contribution in [0.15, 0.2) is 18.3 Å². The third-order valence-electron chi connectivity index (χ3n) is 5.18. The first kappa shape index (κ1) is 16.3. The minimum Gasteiger partial charge on any atom is -0.357 e. The van der Waals surface area contributed by atoms with E-state index in [1.54, 1.807) is 0 Å². The lowest BCUT2D eigenvalue weighted by molar-refractivity contribution is -0.126. The van der Waals surface area contributed by atoms with Gasteiger partial charge in [0.25, 0.3) is 0 Å². The van der Waals surface area contributed by atoms with E-state index in [0.717, 1.165) is 37.3 Å². The molecule has 1 aliphatic carbocycles. The fourth-order valence-electron chi connectivity index (χ4n) is 3.71. The van der Waals surface area contributed by atoms with Crippen molar-refractivity contribution in [2.75, 3.05) is 18.0 Å². The van der Waals surface area contributed by atoms with Gasteiger partial charge in [0, 0.05) is 31.7 Å². The molecule has 126 valence electrons. The van der Waals surface area contributed by atoms with Crippen molar-refractivity contribution < 1.29 is 4.79 Å². The average molecular weight is 315 g/mol. The van der Waals surface area contributed by atoms with Crippen LogP contribution in [-0.4, -0.2) is 24.0 Å². The number of aromatic nitrogens is 1. The third kappa shape index (κ3) is 4.69. The van der Waals surface area contributed by atoms with Crippen LogP contribution in [0.4, 0.5) is 5.82 Å². The molecule has 0 atom stereocenters. The van der Waals surface area contributed by atoms with Crippen molar-refractivity contribution in [2.24, 2.45) is 5.92 Å². The summed E-state index contributed by atoms with van der Waals surface area (Å²) < 4.78 is 0. The van der Waals surface area contributed by atoms with Crippen LogP contribution in [0, 0.1) is 5.92 Å². The van der Waals surface area contributed by atoms with E-state index >= 15 is 0 Å². The van der Waals surface area contributed by atoms with Crippen molar-refractivity contribution in [3.8, 4) is 0 Å². The molecule has 0 unspecified atom stereocenters. The van der Waals surface area contributed by atoms with Gasteiger partial charge in [0.15, 0.2) is 0 Å². The molecule has 4 heteroatoms. The highest BCUT2D eigenvalue weighted by molar-refractivity contribution is 5.78. The SMILES string of the molecule is O=C(NCc1ccc(N2CCCCCC2)nc1)C1CCCCC1. The molecule has 4 nitrogen and oxygen atoms in total. The van der Waals surface area contributed by atoms with Crippen molar-refractivity contribution in [1.29, 1.82) is 0 Å². The Bertz CT molecular complexity index is 486. The summed E-state index contributed by atoms with van der Waals surface area (Å²) in [5.41, 5.74) is 1.09. The molecule has 1 aromatic heterocycles. The molecule has 1 N–H and O–H groups in total. The normalized spacial score (nSPS) is 20.1. The van der Waals surface area contributed by atoms with Crippen LogP contribution in [0.25, 0.3) is 0 Å². The summed E-state index contributed by atoms with van der Waals surface area (Å²) in [7, 11) is 0. The lowest BCUT2D eigenvalue weighted by Gasteiger charge is -2.22. The van der Waals surface area contributed by atoms with Gasteiger partial charge in [0.2, 0.25) is 5.91 Å². The standard InChI is InChI=1S/C19H29N3O/c23-19(17-8-4-3-5-9-17)21-15-16-10-11-18(20-14-16)22-12-6-1-2-7-13-22/h10-11,14,17H,1-9,12-13,15H2,(H,21,23). The first-order valence-corrected chi connectivity index (χ1v) is 9.30. The smallest absolute Gasteiger partial charge is 0.223 e. The number of nitrogens with one attached hydrogen (secondary N) is 1. The monoisotopic (exact) mass is 315 g/mol. The fourth-order valence-corrected chi connectivity index (χ4v) is 3.71. The Labute approximate surface area is 139 Å². The Hall–Kier alpha value is -1.58. The van der Waals surface area contributed by atoms with E-state index in [0.29, 0.717) is 6.54 Å². The van der Waals surface area contributed by atoms with E-state index in [9.17, 15) is 4.79 Å². The number of hydrogen-bond acceptors (Lipinski definition) is 3. The molecule has 0 spiro atoms. The van der Waals surface area contributed by atoms with Crippen LogP contribution in [0.1, 0.15) is 63.4 Å². The summed E-state index contributed by atoms with van der Waals surface area (Å²) in [5.74, 6) is 1.53. The van der Waals surface area contributed by atoms with Crippen LogP contribution in [0.5, 0.6) is 0 Å². The number of rotatable bonds is 4. The highest BCUT2D eigenvalue weighted by atomic mass is 16.1. The molecule has 0 radical (unpaired) electrons. The maximum Gasteiger partial charge on any atom is 0.223 e. The summed E-state index contributed by atoms with van der Waals surface area (Å²) in [6.45, 7) is 2.83. The van der Waals surface area contributed by atoms with Gasteiger partial charge in [-0.1, -0.05) is 38.2 Å². The number of pyridine rings is 1. The van der Waals surface area contributed by atoms with Crippen LogP contribution >= 0.6 is 0 Å². The second kappa shape index (κ2) is 8.32. The third-order valence-corrected chi connectivity index (χ3v) is 5.18. The van der Waals surface area contributed by atoms with Crippen LogP contribution < -0.4 is 10.2 Å². The second-order valence-corrected chi connectivity index (χ2v) is 6.98. The Morgan fingerprint density at radius 1 is 1.04 bits per heavy atom. The zero-order valence-electron chi connectivity index (χ0n) is 14.1. The van der Waals surface area contributed by atoms with E-state index in [4.69, 9.17) is 0 Å². The van der Waals surface area contributed by atoms with E-state index in [-0.39, 0.29) is 11.8 Å². The van der Waals surface area contributed by atoms with Crippen molar-refractivity contribution in [3.05, 3.63) is 23.9 Å². The van der Waals surface area contributed by atoms with E-state index in [2.05, 4.69) is 27.3 Å². The van der Waals surface area contributed by atoms with Gasteiger partial charge in [0.1, 0.15) is 5.82 Å². The summed E-state index contributed by atoms with van der Waals surface area (Å²) in [6, 6.07) is 4.21. The molecule has 2 aliphatic rings. The number of carbonyl (C=O) groups excluding carboxylic acids is 1. The molecule has 3 rings (SSSR count). The van der Waals surface area contributed by atoms with E-state index in [1.165, 1.54) is 44.9 Å². The molecule has 0 aromatic carbocycles. The second-order valence-electron chi connectivity index (χ2n) is 6.98. The number of carbonyl (C=O) groups is 1. The van der Waals surface area contributed by atoms with E-state index in [1.807, 2.05) is 6.20 Å². The van der Waals surface area contributed by atoms with Crippen LogP contribution in [-0.2, 0) is 11.3 Å². The predicted molar refractivity (Wildman–Crippen MR) is 93.3 cm³/mol. The number of amides is 1. The van der Waals surface area contributed by atoms with Gasteiger partial charge in [-0.15, -0.1) is 0 Å². The van der Waals surface area contributed by atoms with Gasteiger partial charge in [0.05, 0.1) is 0 Å². The molecule has 1 saturated carbocycles. The highest BCUT2D eigenvalue weighted by Crippen LogP contribution is 2.23. The van der Waals surface area contributed by atoms with Gasteiger partial charge in [-0.2, -0.15) is 0 Å². The van der Waals surface area contributed by atoms with Crippen LogP contribution in [0.3, 0.4) is 0 Å². The molecule has 2 heterocycles. The Morgan fingerprint density at radius 3 is 2.39 bits per heavy atom. The minimum atomic E-state index is 0.223.